The van der Waals surface area contributed by atoms with Crippen molar-refractivity contribution in [3.63, 3.8) is 0 Å². The summed E-state index contributed by atoms with van der Waals surface area (Å²) >= 11 is 0. The van der Waals surface area contributed by atoms with Crippen molar-refractivity contribution in [3.8, 4) is 0 Å². The van der Waals surface area contributed by atoms with Crippen LogP contribution in [0.15, 0.2) is 30.3 Å². The van der Waals surface area contributed by atoms with Gasteiger partial charge in [0.05, 0.1) is 6.10 Å². The van der Waals surface area contributed by atoms with Crippen LogP contribution in [0, 0.1) is 11.8 Å². The summed E-state index contributed by atoms with van der Waals surface area (Å²) in [5.74, 6) is 1.78. The molecule has 2 aliphatic rings. The van der Waals surface area contributed by atoms with Gasteiger partial charge in [0.25, 0.3) is 0 Å². The molecule has 1 aromatic carbocycles. The summed E-state index contributed by atoms with van der Waals surface area (Å²) in [6.45, 7) is 0. The molecule has 2 fully saturated rings. The van der Waals surface area contributed by atoms with Gasteiger partial charge in [-0.1, -0.05) is 36.8 Å². The van der Waals surface area contributed by atoms with Crippen LogP contribution in [0.25, 0.3) is 0 Å². The third kappa shape index (κ3) is 2.91. The van der Waals surface area contributed by atoms with Crippen LogP contribution >= 0.6 is 0 Å². The van der Waals surface area contributed by atoms with Gasteiger partial charge in [0.1, 0.15) is 0 Å². The Kier molecular flexibility index (Phi) is 4.42. The van der Waals surface area contributed by atoms with Gasteiger partial charge in [-0.25, -0.2) is 0 Å². The highest BCUT2D eigenvalue weighted by Crippen LogP contribution is 2.45. The van der Waals surface area contributed by atoms with Gasteiger partial charge in [-0.2, -0.15) is 0 Å². The van der Waals surface area contributed by atoms with Crippen LogP contribution in [0.5, 0.6) is 0 Å². The molecule has 1 aromatic rings. The maximum atomic E-state index is 10.5. The number of rotatable bonds is 3. The first-order valence-corrected chi connectivity index (χ1v) is 8.18. The Labute approximate surface area is 122 Å². The molecule has 0 heterocycles. The highest BCUT2D eigenvalue weighted by molar-refractivity contribution is 5.21. The lowest BCUT2D eigenvalue weighted by Gasteiger charge is -2.34. The molecule has 0 bridgehead atoms. The van der Waals surface area contributed by atoms with E-state index in [0.29, 0.717) is 23.8 Å². The minimum atomic E-state index is -0.0965. The molecule has 0 spiro atoms. The molecule has 3 rings (SSSR count). The number of nitrogens with one attached hydrogen (secondary N) is 1. The second-order valence-corrected chi connectivity index (χ2v) is 6.72. The molecule has 110 valence electrons. The summed E-state index contributed by atoms with van der Waals surface area (Å²) in [6.07, 6.45) is 7.21. The number of benzene rings is 1. The molecule has 5 atom stereocenters. The van der Waals surface area contributed by atoms with E-state index in [1.165, 1.54) is 37.7 Å². The summed E-state index contributed by atoms with van der Waals surface area (Å²) in [4.78, 5) is 0. The molecule has 20 heavy (non-hydrogen) atoms. The van der Waals surface area contributed by atoms with Gasteiger partial charge >= 0.3 is 0 Å². The van der Waals surface area contributed by atoms with E-state index in [1.807, 2.05) is 0 Å². The number of aliphatic hydroxyl groups is 1. The van der Waals surface area contributed by atoms with Crippen molar-refractivity contribution in [2.45, 2.75) is 56.6 Å². The zero-order valence-electron chi connectivity index (χ0n) is 12.5. The second-order valence-electron chi connectivity index (χ2n) is 6.72. The van der Waals surface area contributed by atoms with Crippen LogP contribution in [-0.4, -0.2) is 24.3 Å². The summed E-state index contributed by atoms with van der Waals surface area (Å²) in [5.41, 5.74) is 1.41. The van der Waals surface area contributed by atoms with Gasteiger partial charge in [0, 0.05) is 6.04 Å². The van der Waals surface area contributed by atoms with Crippen LogP contribution in [0.3, 0.4) is 0 Å². The molecule has 2 unspecified atom stereocenters. The molecule has 0 radical (unpaired) electrons. The zero-order valence-corrected chi connectivity index (χ0v) is 12.5. The number of hydrogen-bond acceptors (Lipinski definition) is 2. The predicted molar refractivity (Wildman–Crippen MR) is 82.7 cm³/mol. The van der Waals surface area contributed by atoms with E-state index < -0.39 is 0 Å². The molecular weight excluding hydrogens is 246 g/mol. The average molecular weight is 273 g/mol. The minimum Gasteiger partial charge on any atom is -0.393 e. The topological polar surface area (TPSA) is 32.3 Å². The fourth-order valence-corrected chi connectivity index (χ4v) is 4.43. The Bertz CT molecular complexity index is 419. The minimum absolute atomic E-state index is 0.0965. The monoisotopic (exact) mass is 273 g/mol. The Morgan fingerprint density at radius 3 is 2.60 bits per heavy atom. The van der Waals surface area contributed by atoms with Crippen molar-refractivity contribution < 1.29 is 5.11 Å². The Balaban J connectivity index is 1.66. The van der Waals surface area contributed by atoms with Gasteiger partial charge in [0.15, 0.2) is 0 Å². The fraction of sp³-hybridized carbons (Fsp3) is 0.667. The van der Waals surface area contributed by atoms with E-state index in [4.69, 9.17) is 0 Å². The highest BCUT2D eigenvalue weighted by atomic mass is 16.3. The van der Waals surface area contributed by atoms with Crippen molar-refractivity contribution in [1.29, 1.82) is 0 Å². The van der Waals surface area contributed by atoms with E-state index in [1.54, 1.807) is 0 Å². The van der Waals surface area contributed by atoms with Crippen molar-refractivity contribution in [2.75, 3.05) is 7.05 Å². The Morgan fingerprint density at radius 1 is 1.05 bits per heavy atom. The van der Waals surface area contributed by atoms with Crippen LogP contribution in [0.2, 0.25) is 0 Å². The number of hydrogen-bond donors (Lipinski definition) is 2. The van der Waals surface area contributed by atoms with Gasteiger partial charge in [0.2, 0.25) is 0 Å². The Hall–Kier alpha value is -0.860. The second kappa shape index (κ2) is 6.28. The number of aliphatic hydroxyl groups excluding tert-OH is 1. The van der Waals surface area contributed by atoms with E-state index in [-0.39, 0.29) is 6.10 Å². The van der Waals surface area contributed by atoms with Crippen LogP contribution in [-0.2, 0) is 0 Å². The quantitative estimate of drug-likeness (QED) is 0.885. The van der Waals surface area contributed by atoms with E-state index in [0.717, 1.165) is 6.42 Å². The predicted octanol–water partition coefficient (Wildman–Crippen LogP) is 3.32. The van der Waals surface area contributed by atoms with E-state index in [9.17, 15) is 5.11 Å². The maximum absolute atomic E-state index is 10.5. The molecule has 2 N–H and O–H groups in total. The molecule has 0 aliphatic heterocycles. The van der Waals surface area contributed by atoms with Crippen LogP contribution in [0.4, 0.5) is 0 Å². The zero-order chi connectivity index (χ0) is 13.9. The third-order valence-electron chi connectivity index (χ3n) is 5.58. The lowest BCUT2D eigenvalue weighted by molar-refractivity contribution is 0.0773. The largest absolute Gasteiger partial charge is 0.393 e. The molecule has 2 saturated carbocycles. The molecule has 0 amide bonds. The van der Waals surface area contributed by atoms with E-state index in [2.05, 4.69) is 42.7 Å². The molecule has 0 aromatic heterocycles. The lowest BCUT2D eigenvalue weighted by Crippen LogP contribution is -2.35. The average Bonchev–Trinajstić information content (AvgIpc) is 2.90. The van der Waals surface area contributed by atoms with Gasteiger partial charge in [-0.05, 0) is 62.5 Å². The Morgan fingerprint density at radius 2 is 1.85 bits per heavy atom. The third-order valence-corrected chi connectivity index (χ3v) is 5.58. The molecule has 0 saturated heterocycles. The normalized spacial score (nSPS) is 38.0. The molecule has 2 aliphatic carbocycles. The first kappa shape index (κ1) is 14.1. The summed E-state index contributed by atoms with van der Waals surface area (Å²) in [5, 5.41) is 13.9. The van der Waals surface area contributed by atoms with Gasteiger partial charge < -0.3 is 10.4 Å². The first-order valence-electron chi connectivity index (χ1n) is 8.18. The fourth-order valence-electron chi connectivity index (χ4n) is 4.43. The molecule has 2 heteroatoms. The van der Waals surface area contributed by atoms with Crippen molar-refractivity contribution in [3.05, 3.63) is 35.9 Å². The van der Waals surface area contributed by atoms with Crippen molar-refractivity contribution in [1.82, 2.24) is 5.32 Å². The SMILES string of the molecule is CNC1CCCC([C@H]2C[C@@H](c3ccccc3)C[C@@H]2O)C1. The van der Waals surface area contributed by atoms with Crippen molar-refractivity contribution in [2.24, 2.45) is 11.8 Å². The first-order chi connectivity index (χ1) is 9.78. The summed E-state index contributed by atoms with van der Waals surface area (Å²) in [6, 6.07) is 11.4. The maximum Gasteiger partial charge on any atom is 0.0577 e. The molecular formula is C18H27NO. The standard InChI is InChI=1S/C18H27NO/c1-19-16-9-5-8-14(10-16)17-11-15(12-18(17)20)13-6-3-2-4-7-13/h2-4,6-7,14-20H,5,8-12H2,1H3/t14?,15-,16?,17-,18+/m1/s1. The summed E-state index contributed by atoms with van der Waals surface area (Å²) in [7, 11) is 2.07. The smallest absolute Gasteiger partial charge is 0.0577 e. The van der Waals surface area contributed by atoms with Crippen LogP contribution in [0.1, 0.15) is 50.0 Å². The summed E-state index contributed by atoms with van der Waals surface area (Å²) < 4.78 is 0. The van der Waals surface area contributed by atoms with Gasteiger partial charge in [-0.15, -0.1) is 0 Å². The van der Waals surface area contributed by atoms with E-state index >= 15 is 0 Å². The van der Waals surface area contributed by atoms with Crippen molar-refractivity contribution >= 4 is 0 Å². The van der Waals surface area contributed by atoms with Gasteiger partial charge in [-0.3, -0.25) is 0 Å². The lowest BCUT2D eigenvalue weighted by atomic mass is 9.76. The molecule has 2 nitrogen and oxygen atoms in total. The van der Waals surface area contributed by atoms with Crippen LogP contribution < -0.4 is 5.32 Å². The highest BCUT2D eigenvalue weighted by Gasteiger charge is 2.39.